The van der Waals surface area contributed by atoms with Crippen molar-refractivity contribution < 1.29 is 4.79 Å². The Morgan fingerprint density at radius 1 is 1.06 bits per heavy atom. The molecule has 4 heteroatoms. The van der Waals surface area contributed by atoms with E-state index in [1.165, 1.54) is 0 Å². The van der Waals surface area contributed by atoms with Crippen molar-refractivity contribution in [3.05, 3.63) is 54.4 Å². The molecule has 0 aliphatic heterocycles. The fourth-order valence-electron chi connectivity index (χ4n) is 1.40. The van der Waals surface area contributed by atoms with Crippen molar-refractivity contribution >= 4 is 18.3 Å². The number of nitrogens with two attached hydrogens (primary N) is 1. The Bertz CT molecular complexity index is 485. The van der Waals surface area contributed by atoms with Gasteiger partial charge >= 0.3 is 0 Å². The summed E-state index contributed by atoms with van der Waals surface area (Å²) in [4.78, 5) is 14.9. The van der Waals surface area contributed by atoms with Gasteiger partial charge in [-0.15, -0.1) is 12.4 Å². The molecule has 82 valence electrons. The van der Waals surface area contributed by atoms with E-state index in [-0.39, 0.29) is 12.4 Å². The van der Waals surface area contributed by atoms with Crippen molar-refractivity contribution in [3.63, 3.8) is 0 Å². The molecule has 0 bridgehead atoms. The number of amides is 1. The summed E-state index contributed by atoms with van der Waals surface area (Å²) in [6.45, 7) is 0. The van der Waals surface area contributed by atoms with Crippen molar-refractivity contribution in [1.82, 2.24) is 4.98 Å². The summed E-state index contributed by atoms with van der Waals surface area (Å²) in [6.07, 6.45) is 3.43. The summed E-state index contributed by atoms with van der Waals surface area (Å²) in [5.74, 6) is -0.411. The topological polar surface area (TPSA) is 56.0 Å². The van der Waals surface area contributed by atoms with E-state index in [1.54, 1.807) is 24.5 Å². The van der Waals surface area contributed by atoms with Gasteiger partial charge in [0.15, 0.2) is 0 Å². The van der Waals surface area contributed by atoms with Crippen molar-refractivity contribution in [1.29, 1.82) is 0 Å². The fraction of sp³-hybridized carbons (Fsp3) is 0. The first-order valence-electron chi connectivity index (χ1n) is 4.57. The van der Waals surface area contributed by atoms with Crippen LogP contribution in [-0.2, 0) is 0 Å². The number of rotatable bonds is 2. The molecule has 2 rings (SSSR count). The van der Waals surface area contributed by atoms with Gasteiger partial charge in [-0.1, -0.05) is 12.1 Å². The highest BCUT2D eigenvalue weighted by atomic mass is 35.5. The van der Waals surface area contributed by atoms with E-state index < -0.39 is 5.91 Å². The normalized spacial score (nSPS) is 9.25. The predicted octanol–water partition coefficient (Wildman–Crippen LogP) is 2.27. The second-order valence-corrected chi connectivity index (χ2v) is 3.18. The van der Waals surface area contributed by atoms with Crippen LogP contribution in [0.3, 0.4) is 0 Å². The van der Waals surface area contributed by atoms with E-state index in [0.717, 1.165) is 11.1 Å². The van der Waals surface area contributed by atoms with Crippen LogP contribution in [0.1, 0.15) is 10.4 Å². The highest BCUT2D eigenvalue weighted by Gasteiger charge is 2.02. The number of aromatic nitrogens is 1. The molecule has 0 aliphatic carbocycles. The fourth-order valence-corrected chi connectivity index (χ4v) is 1.40. The third kappa shape index (κ3) is 2.58. The van der Waals surface area contributed by atoms with Crippen molar-refractivity contribution in [2.75, 3.05) is 0 Å². The molecule has 2 aromatic rings. The number of hydrogen-bond acceptors (Lipinski definition) is 2. The van der Waals surface area contributed by atoms with Gasteiger partial charge in [0.05, 0.1) is 0 Å². The number of carbonyl (C=O) groups excluding carboxylic acids is 1. The highest BCUT2D eigenvalue weighted by Crippen LogP contribution is 2.18. The van der Waals surface area contributed by atoms with Crippen LogP contribution in [0.4, 0.5) is 0 Å². The average molecular weight is 235 g/mol. The number of pyridine rings is 1. The van der Waals surface area contributed by atoms with Gasteiger partial charge in [0.2, 0.25) is 5.91 Å². The van der Waals surface area contributed by atoms with Crippen LogP contribution >= 0.6 is 12.4 Å². The lowest BCUT2D eigenvalue weighted by atomic mass is 10.0. The van der Waals surface area contributed by atoms with E-state index in [9.17, 15) is 4.79 Å². The number of carbonyl (C=O) groups is 1. The smallest absolute Gasteiger partial charge is 0.248 e. The average Bonchev–Trinajstić information content (AvgIpc) is 2.30. The third-order valence-corrected chi connectivity index (χ3v) is 2.16. The van der Waals surface area contributed by atoms with Gasteiger partial charge in [-0.05, 0) is 35.4 Å². The van der Waals surface area contributed by atoms with Gasteiger partial charge in [0, 0.05) is 18.0 Å². The number of halogens is 1. The number of benzene rings is 1. The van der Waals surface area contributed by atoms with Crippen LogP contribution in [0, 0.1) is 0 Å². The zero-order valence-corrected chi connectivity index (χ0v) is 9.28. The van der Waals surface area contributed by atoms with Gasteiger partial charge < -0.3 is 5.73 Å². The van der Waals surface area contributed by atoms with Gasteiger partial charge in [-0.25, -0.2) is 0 Å². The minimum absolute atomic E-state index is 0. The number of primary amides is 1. The molecule has 0 spiro atoms. The Balaban J connectivity index is 0.00000128. The molecular weight excluding hydrogens is 224 g/mol. The van der Waals surface area contributed by atoms with Gasteiger partial charge in [0.1, 0.15) is 0 Å². The van der Waals surface area contributed by atoms with Crippen molar-refractivity contribution in [2.24, 2.45) is 5.73 Å². The zero-order valence-electron chi connectivity index (χ0n) is 8.46. The molecule has 3 nitrogen and oxygen atoms in total. The van der Waals surface area contributed by atoms with Gasteiger partial charge in [-0.2, -0.15) is 0 Å². The summed E-state index contributed by atoms with van der Waals surface area (Å²) in [5, 5.41) is 0. The molecule has 1 amide bonds. The second-order valence-electron chi connectivity index (χ2n) is 3.18. The molecule has 2 N–H and O–H groups in total. The van der Waals surface area contributed by atoms with E-state index in [2.05, 4.69) is 4.98 Å². The van der Waals surface area contributed by atoms with Crippen LogP contribution < -0.4 is 5.73 Å². The molecular formula is C12H11ClN2O. The predicted molar refractivity (Wildman–Crippen MR) is 65.4 cm³/mol. The summed E-state index contributed by atoms with van der Waals surface area (Å²) in [7, 11) is 0. The number of hydrogen-bond donors (Lipinski definition) is 1. The molecule has 0 saturated carbocycles. The van der Waals surface area contributed by atoms with E-state index in [1.807, 2.05) is 24.3 Å². The first-order chi connectivity index (χ1) is 7.27. The Hall–Kier alpha value is -1.87. The maximum atomic E-state index is 11.0. The van der Waals surface area contributed by atoms with Crippen LogP contribution in [0.25, 0.3) is 11.1 Å². The first kappa shape index (κ1) is 12.2. The minimum atomic E-state index is -0.411. The van der Waals surface area contributed by atoms with Crippen LogP contribution in [0.5, 0.6) is 0 Å². The summed E-state index contributed by atoms with van der Waals surface area (Å²) < 4.78 is 0. The molecule has 0 unspecified atom stereocenters. The molecule has 1 aromatic carbocycles. The van der Waals surface area contributed by atoms with Gasteiger partial charge in [-0.3, -0.25) is 9.78 Å². The van der Waals surface area contributed by atoms with Crippen LogP contribution in [-0.4, -0.2) is 10.9 Å². The molecule has 0 saturated heterocycles. The monoisotopic (exact) mass is 234 g/mol. The van der Waals surface area contributed by atoms with E-state index >= 15 is 0 Å². The van der Waals surface area contributed by atoms with Crippen LogP contribution in [0.15, 0.2) is 48.8 Å². The quantitative estimate of drug-likeness (QED) is 0.867. The lowest BCUT2D eigenvalue weighted by Crippen LogP contribution is -2.10. The Kier molecular flexibility index (Phi) is 4.03. The molecule has 16 heavy (non-hydrogen) atoms. The zero-order chi connectivity index (χ0) is 10.7. The molecule has 0 aliphatic rings. The van der Waals surface area contributed by atoms with E-state index in [0.29, 0.717) is 5.56 Å². The largest absolute Gasteiger partial charge is 0.366 e. The van der Waals surface area contributed by atoms with Crippen molar-refractivity contribution in [2.45, 2.75) is 0 Å². The third-order valence-electron chi connectivity index (χ3n) is 2.16. The lowest BCUT2D eigenvalue weighted by Gasteiger charge is -2.02. The molecule has 0 radical (unpaired) electrons. The summed E-state index contributed by atoms with van der Waals surface area (Å²) in [6, 6.07) is 11.0. The number of nitrogens with zero attached hydrogens (tertiary/aromatic N) is 1. The molecule has 0 fully saturated rings. The maximum Gasteiger partial charge on any atom is 0.248 e. The summed E-state index contributed by atoms with van der Waals surface area (Å²) >= 11 is 0. The minimum Gasteiger partial charge on any atom is -0.366 e. The first-order valence-corrected chi connectivity index (χ1v) is 4.57. The second kappa shape index (κ2) is 5.28. The van der Waals surface area contributed by atoms with Gasteiger partial charge in [0.25, 0.3) is 0 Å². The highest BCUT2D eigenvalue weighted by molar-refractivity contribution is 5.94. The summed E-state index contributed by atoms with van der Waals surface area (Å²) in [5.41, 5.74) is 7.72. The van der Waals surface area contributed by atoms with Crippen LogP contribution in [0.2, 0.25) is 0 Å². The lowest BCUT2D eigenvalue weighted by molar-refractivity contribution is 0.100. The molecule has 0 atom stereocenters. The Morgan fingerprint density at radius 3 is 2.38 bits per heavy atom. The van der Waals surface area contributed by atoms with E-state index in [4.69, 9.17) is 5.73 Å². The molecule has 1 heterocycles. The Labute approximate surface area is 99.7 Å². The maximum absolute atomic E-state index is 11.0. The SMILES string of the molecule is Cl.NC(=O)c1cccc(-c2ccncc2)c1. The Morgan fingerprint density at radius 2 is 1.75 bits per heavy atom. The molecule has 1 aromatic heterocycles. The van der Waals surface area contributed by atoms with Crippen molar-refractivity contribution in [3.8, 4) is 11.1 Å². The standard InChI is InChI=1S/C12H10N2O.ClH/c13-12(15)11-3-1-2-10(8-11)9-4-6-14-7-5-9;/h1-8H,(H2,13,15);1H.